The quantitative estimate of drug-likeness (QED) is 0.113. The predicted molar refractivity (Wildman–Crippen MR) is 129 cm³/mol. The molecule has 0 atom stereocenters. The fourth-order valence-corrected chi connectivity index (χ4v) is 4.61. The molecule has 1 rings (SSSR count). The van der Waals surface area contributed by atoms with Gasteiger partial charge in [-0.25, -0.2) is 0 Å². The van der Waals surface area contributed by atoms with Gasteiger partial charge in [-0.15, -0.1) is 0 Å². The van der Waals surface area contributed by atoms with E-state index in [9.17, 15) is 8.42 Å². The average Bonchev–Trinajstić information content (AvgIpc) is 2.73. The maximum Gasteiger partial charge on any atom is 0.296 e. The molecule has 170 valence electrons. The topological polar surface area (TPSA) is 43.4 Å². The summed E-state index contributed by atoms with van der Waals surface area (Å²) < 4.78 is 29.1. The van der Waals surface area contributed by atoms with Gasteiger partial charge in [0.2, 0.25) is 0 Å². The van der Waals surface area contributed by atoms with Crippen LogP contribution in [0, 0.1) is 0 Å². The van der Waals surface area contributed by atoms with Crippen molar-refractivity contribution in [2.24, 2.45) is 0 Å². The summed E-state index contributed by atoms with van der Waals surface area (Å²) in [5.41, 5.74) is 0. The Kier molecular flexibility index (Phi) is 21.5. The molecule has 0 aliphatic carbocycles. The number of unbranched alkanes of at least 4 members (excludes halogenated alkanes) is 16. The van der Waals surface area contributed by atoms with Crippen LogP contribution in [0.4, 0.5) is 0 Å². The summed E-state index contributed by atoms with van der Waals surface area (Å²) in [6.45, 7) is 2.56. The normalized spacial score (nSPS) is 11.4. The monoisotopic (exact) mass is 464 g/mol. The van der Waals surface area contributed by atoms with Crippen LogP contribution in [-0.2, 0) is 14.3 Å². The summed E-state index contributed by atoms with van der Waals surface area (Å²) in [5, 5.41) is 0. The molecule has 0 bridgehead atoms. The fraction of sp³-hybridized carbons (Fsp3) is 0.760. The van der Waals surface area contributed by atoms with Gasteiger partial charge in [-0.3, -0.25) is 4.18 Å². The van der Waals surface area contributed by atoms with Gasteiger partial charge in [-0.2, -0.15) is 8.42 Å². The Morgan fingerprint density at radius 2 is 0.967 bits per heavy atom. The minimum atomic E-state index is -3.58. The smallest absolute Gasteiger partial charge is 0.266 e. The molecule has 0 spiro atoms. The summed E-state index contributed by atoms with van der Waals surface area (Å²) in [7, 11) is -3.58. The zero-order chi connectivity index (χ0) is 21.0. The molecule has 0 N–H and O–H groups in total. The van der Waals surface area contributed by atoms with Gasteiger partial charge in [0, 0.05) is 37.7 Å². The molecule has 0 unspecified atom stereocenters. The number of rotatable bonds is 20. The molecule has 5 heteroatoms. The van der Waals surface area contributed by atoms with E-state index in [2.05, 4.69) is 6.92 Å². The molecule has 0 aliphatic rings. The molecule has 0 fully saturated rings. The van der Waals surface area contributed by atoms with Crippen LogP contribution >= 0.6 is 0 Å². The van der Waals surface area contributed by atoms with Gasteiger partial charge in [0.15, 0.2) is 0 Å². The van der Waals surface area contributed by atoms with Crippen molar-refractivity contribution in [3.63, 3.8) is 0 Å². The van der Waals surface area contributed by atoms with Crippen molar-refractivity contribution in [2.45, 2.75) is 121 Å². The Balaban J connectivity index is 0.00000841. The first-order valence-corrected chi connectivity index (χ1v) is 13.5. The van der Waals surface area contributed by atoms with Gasteiger partial charge in [-0.05, 0) is 18.6 Å². The molecule has 2 radical (unpaired) electrons. The fourth-order valence-electron chi connectivity index (χ4n) is 3.65. The molecule has 1 aromatic carbocycles. The Labute approximate surface area is 216 Å². The van der Waals surface area contributed by atoms with Crippen LogP contribution in [0.5, 0.6) is 0 Å². The molecule has 0 saturated heterocycles. The molecular weight excluding hydrogens is 420 g/mol. The predicted octanol–water partition coefficient (Wildman–Crippen LogP) is 7.66. The van der Waals surface area contributed by atoms with Crippen molar-refractivity contribution in [2.75, 3.05) is 6.61 Å². The first kappa shape index (κ1) is 30.4. The molecule has 0 saturated carbocycles. The third-order valence-corrected chi connectivity index (χ3v) is 6.84. The molecule has 3 nitrogen and oxygen atoms in total. The van der Waals surface area contributed by atoms with E-state index in [0.717, 1.165) is 12.8 Å². The van der Waals surface area contributed by atoms with E-state index in [1.807, 2.05) is 0 Å². The van der Waals surface area contributed by atoms with E-state index < -0.39 is 10.1 Å². The Hall–Kier alpha value is 0.390. The van der Waals surface area contributed by atoms with Gasteiger partial charge in [0.25, 0.3) is 10.1 Å². The minimum Gasteiger partial charge on any atom is -0.266 e. The van der Waals surface area contributed by atoms with Crippen molar-refractivity contribution in [3.8, 4) is 0 Å². The summed E-state index contributed by atoms with van der Waals surface area (Å²) >= 11 is 0. The first-order valence-electron chi connectivity index (χ1n) is 12.1. The zero-order valence-corrected chi connectivity index (χ0v) is 22.5. The average molecular weight is 465 g/mol. The Morgan fingerprint density at radius 1 is 0.600 bits per heavy atom. The maximum atomic E-state index is 12.0. The van der Waals surface area contributed by atoms with Crippen LogP contribution in [0.3, 0.4) is 0 Å². The van der Waals surface area contributed by atoms with Crippen LogP contribution < -0.4 is 0 Å². The van der Waals surface area contributed by atoms with E-state index >= 15 is 0 Å². The van der Waals surface area contributed by atoms with Crippen LogP contribution in [0.1, 0.15) is 116 Å². The largest absolute Gasteiger partial charge is 0.296 e. The molecule has 0 aromatic heterocycles. The SMILES string of the molecule is CCCCCCCCCCCCCCCCCCCOS(=O)(=O)c1ccccc1.[Ca]. The summed E-state index contributed by atoms with van der Waals surface area (Å²) in [4.78, 5) is 0.243. The van der Waals surface area contributed by atoms with E-state index in [1.165, 1.54) is 96.3 Å². The molecule has 30 heavy (non-hydrogen) atoms. The molecule has 1 aromatic rings. The number of hydrogen-bond acceptors (Lipinski definition) is 3. The third-order valence-electron chi connectivity index (χ3n) is 5.52. The second kappa shape index (κ2) is 21.2. The first-order chi connectivity index (χ1) is 14.2. The van der Waals surface area contributed by atoms with Gasteiger partial charge >= 0.3 is 0 Å². The Morgan fingerprint density at radius 3 is 1.37 bits per heavy atom. The van der Waals surface area contributed by atoms with Gasteiger partial charge < -0.3 is 0 Å². The Bertz CT molecular complexity index is 575. The zero-order valence-electron chi connectivity index (χ0n) is 19.5. The number of benzene rings is 1. The van der Waals surface area contributed by atoms with E-state index in [1.54, 1.807) is 30.3 Å². The van der Waals surface area contributed by atoms with Gasteiger partial charge in [0.05, 0.1) is 11.5 Å². The molecule has 0 amide bonds. The second-order valence-corrected chi connectivity index (χ2v) is 9.86. The van der Waals surface area contributed by atoms with Crippen molar-refractivity contribution < 1.29 is 12.6 Å². The summed E-state index contributed by atoms with van der Waals surface area (Å²) in [6, 6.07) is 8.38. The van der Waals surface area contributed by atoms with Gasteiger partial charge in [0.1, 0.15) is 0 Å². The van der Waals surface area contributed by atoms with Crippen LogP contribution in [0.25, 0.3) is 0 Å². The second-order valence-electron chi connectivity index (χ2n) is 8.25. The van der Waals surface area contributed by atoms with Crippen LogP contribution in [0.15, 0.2) is 35.2 Å². The van der Waals surface area contributed by atoms with Gasteiger partial charge in [-0.1, -0.05) is 128 Å². The van der Waals surface area contributed by atoms with Crippen molar-refractivity contribution in [1.82, 2.24) is 0 Å². The minimum absolute atomic E-state index is 0. The van der Waals surface area contributed by atoms with E-state index in [-0.39, 0.29) is 49.2 Å². The van der Waals surface area contributed by atoms with E-state index in [4.69, 9.17) is 4.18 Å². The van der Waals surface area contributed by atoms with Crippen LogP contribution in [-0.4, -0.2) is 52.8 Å². The van der Waals surface area contributed by atoms with Crippen molar-refractivity contribution in [3.05, 3.63) is 30.3 Å². The number of hydrogen-bond donors (Lipinski definition) is 0. The molecular formula is C25H44CaO3S. The maximum absolute atomic E-state index is 12.0. The standard InChI is InChI=1S/C25H44O3S.Ca/c1-2-3-4-5-6-7-8-9-10-11-12-13-14-15-16-17-21-24-28-29(26,27)25-22-19-18-20-23-25;/h18-20,22-23H,2-17,21,24H2,1H3;. The van der Waals surface area contributed by atoms with E-state index in [0.29, 0.717) is 0 Å². The van der Waals surface area contributed by atoms with Crippen molar-refractivity contribution in [1.29, 1.82) is 0 Å². The third kappa shape index (κ3) is 17.0. The molecule has 0 aliphatic heterocycles. The summed E-state index contributed by atoms with van der Waals surface area (Å²) in [5.74, 6) is 0. The van der Waals surface area contributed by atoms with Crippen molar-refractivity contribution >= 4 is 47.9 Å². The molecule has 0 heterocycles. The summed E-state index contributed by atoms with van der Waals surface area (Å²) in [6.07, 6.45) is 22.4. The van der Waals surface area contributed by atoms with Crippen LogP contribution in [0.2, 0.25) is 0 Å².